The fraction of sp³-hybridized carbons (Fsp3) is 0.500. The van der Waals surface area contributed by atoms with Gasteiger partial charge in [-0.15, -0.1) is 0 Å². The highest BCUT2D eigenvalue weighted by Crippen LogP contribution is 2.28. The van der Waals surface area contributed by atoms with Crippen LogP contribution in [0.4, 0.5) is 5.69 Å². The van der Waals surface area contributed by atoms with Gasteiger partial charge < -0.3 is 15.8 Å². The zero-order chi connectivity index (χ0) is 14.4. The van der Waals surface area contributed by atoms with Crippen molar-refractivity contribution in [2.45, 2.75) is 26.7 Å². The molecule has 19 heavy (non-hydrogen) atoms. The summed E-state index contributed by atoms with van der Waals surface area (Å²) in [4.78, 5) is 12.1. The second kappa shape index (κ2) is 7.24. The summed E-state index contributed by atoms with van der Waals surface area (Å²) in [6.07, 6.45) is 2.08. The maximum absolute atomic E-state index is 12.1. The van der Waals surface area contributed by atoms with Crippen molar-refractivity contribution in [2.24, 2.45) is 5.92 Å². The lowest BCUT2D eigenvalue weighted by Gasteiger charge is -2.15. The quantitative estimate of drug-likeness (QED) is 0.789. The van der Waals surface area contributed by atoms with Crippen LogP contribution in [0, 0.1) is 5.92 Å². The van der Waals surface area contributed by atoms with Crippen molar-refractivity contribution in [1.82, 2.24) is 5.32 Å². The highest BCUT2D eigenvalue weighted by molar-refractivity contribution is 6.33. The Kier molecular flexibility index (Phi) is 5.96. The predicted octanol–water partition coefficient (Wildman–Crippen LogP) is 3.10. The molecule has 0 aromatic heterocycles. The number of halogens is 1. The molecule has 1 aromatic carbocycles. The van der Waals surface area contributed by atoms with E-state index in [-0.39, 0.29) is 5.91 Å². The van der Waals surface area contributed by atoms with Crippen LogP contribution in [-0.4, -0.2) is 19.6 Å². The van der Waals surface area contributed by atoms with Crippen LogP contribution in [0.15, 0.2) is 12.1 Å². The van der Waals surface area contributed by atoms with Crippen molar-refractivity contribution in [3.8, 4) is 5.75 Å². The Morgan fingerprint density at radius 3 is 2.58 bits per heavy atom. The number of hydrogen-bond donors (Lipinski definition) is 2. The maximum atomic E-state index is 12.1. The number of ether oxygens (including phenoxy) is 1. The number of anilines is 1. The minimum atomic E-state index is -0.189. The van der Waals surface area contributed by atoms with Gasteiger partial charge in [-0.1, -0.05) is 38.3 Å². The van der Waals surface area contributed by atoms with Gasteiger partial charge in [0, 0.05) is 12.6 Å². The summed E-state index contributed by atoms with van der Waals surface area (Å²) in [6, 6.07) is 3.10. The van der Waals surface area contributed by atoms with Gasteiger partial charge in [-0.2, -0.15) is 0 Å². The second-order valence-corrected chi connectivity index (χ2v) is 4.87. The van der Waals surface area contributed by atoms with Gasteiger partial charge in [0.05, 0.1) is 23.4 Å². The zero-order valence-corrected chi connectivity index (χ0v) is 12.4. The van der Waals surface area contributed by atoms with Crippen LogP contribution in [0.25, 0.3) is 0 Å². The Morgan fingerprint density at radius 2 is 2.05 bits per heavy atom. The molecule has 1 aromatic rings. The fourth-order valence-corrected chi connectivity index (χ4v) is 1.99. The third-order valence-electron chi connectivity index (χ3n) is 3.27. The number of rotatable bonds is 6. The third kappa shape index (κ3) is 4.03. The summed E-state index contributed by atoms with van der Waals surface area (Å²) in [5.41, 5.74) is 6.49. The van der Waals surface area contributed by atoms with E-state index in [2.05, 4.69) is 19.2 Å². The molecule has 1 rings (SSSR count). The zero-order valence-electron chi connectivity index (χ0n) is 11.6. The van der Waals surface area contributed by atoms with Gasteiger partial charge in [0.2, 0.25) is 0 Å². The molecule has 0 saturated carbocycles. The van der Waals surface area contributed by atoms with E-state index in [0.717, 1.165) is 12.8 Å². The first kappa shape index (κ1) is 15.6. The molecule has 0 atom stereocenters. The van der Waals surface area contributed by atoms with Crippen LogP contribution in [0.3, 0.4) is 0 Å². The molecule has 0 unspecified atom stereocenters. The minimum Gasteiger partial charge on any atom is -0.496 e. The smallest absolute Gasteiger partial charge is 0.255 e. The van der Waals surface area contributed by atoms with E-state index >= 15 is 0 Å². The lowest BCUT2D eigenvalue weighted by atomic mass is 10.0. The van der Waals surface area contributed by atoms with Crippen molar-refractivity contribution < 1.29 is 9.53 Å². The van der Waals surface area contributed by atoms with E-state index in [9.17, 15) is 4.79 Å². The molecular formula is C14H21ClN2O2. The predicted molar refractivity (Wildman–Crippen MR) is 78.8 cm³/mol. The number of hydrogen-bond acceptors (Lipinski definition) is 3. The van der Waals surface area contributed by atoms with Crippen LogP contribution in [0.1, 0.15) is 37.0 Å². The van der Waals surface area contributed by atoms with E-state index in [1.165, 1.54) is 13.2 Å². The van der Waals surface area contributed by atoms with Crippen LogP contribution in [0.2, 0.25) is 5.02 Å². The van der Waals surface area contributed by atoms with Crippen LogP contribution < -0.4 is 15.8 Å². The Hall–Kier alpha value is -1.42. The standard InChI is InChI=1S/C14H21ClN2O2/c1-4-9(5-2)8-17-14(18)10-6-11(15)12(16)7-13(10)19-3/h6-7,9H,4-5,8,16H2,1-3H3,(H,17,18). The summed E-state index contributed by atoms with van der Waals surface area (Å²) in [5.74, 6) is 0.730. The number of nitrogens with two attached hydrogens (primary N) is 1. The van der Waals surface area contributed by atoms with Gasteiger partial charge in [0.25, 0.3) is 5.91 Å². The second-order valence-electron chi connectivity index (χ2n) is 4.47. The SMILES string of the molecule is CCC(CC)CNC(=O)c1cc(Cl)c(N)cc1OC. The molecule has 0 fully saturated rings. The van der Waals surface area contributed by atoms with Crippen LogP contribution in [0.5, 0.6) is 5.75 Å². The number of nitrogen functional groups attached to an aromatic ring is 1. The number of carbonyl (C=O) groups excluding carboxylic acids is 1. The number of methoxy groups -OCH3 is 1. The molecule has 1 amide bonds. The van der Waals surface area contributed by atoms with E-state index < -0.39 is 0 Å². The van der Waals surface area contributed by atoms with E-state index in [1.807, 2.05) is 0 Å². The normalized spacial score (nSPS) is 10.6. The first-order valence-corrected chi connectivity index (χ1v) is 6.82. The van der Waals surface area contributed by atoms with Crippen molar-refractivity contribution in [2.75, 3.05) is 19.4 Å². The Morgan fingerprint density at radius 1 is 1.42 bits per heavy atom. The molecule has 4 nitrogen and oxygen atoms in total. The minimum absolute atomic E-state index is 0.189. The van der Waals surface area contributed by atoms with Gasteiger partial charge in [-0.3, -0.25) is 4.79 Å². The van der Waals surface area contributed by atoms with Gasteiger partial charge in [-0.25, -0.2) is 0 Å². The molecule has 0 aliphatic carbocycles. The Balaban J connectivity index is 2.84. The lowest BCUT2D eigenvalue weighted by molar-refractivity contribution is 0.0943. The van der Waals surface area contributed by atoms with Crippen molar-refractivity contribution >= 4 is 23.2 Å². The van der Waals surface area contributed by atoms with Gasteiger partial charge in [0.1, 0.15) is 5.75 Å². The highest BCUT2D eigenvalue weighted by Gasteiger charge is 2.15. The van der Waals surface area contributed by atoms with Crippen LogP contribution >= 0.6 is 11.6 Å². The molecule has 0 aliphatic heterocycles. The molecule has 0 bridgehead atoms. The molecule has 3 N–H and O–H groups in total. The molecular weight excluding hydrogens is 264 g/mol. The number of nitrogens with one attached hydrogen (secondary N) is 1. The van der Waals surface area contributed by atoms with E-state index in [1.54, 1.807) is 6.07 Å². The Bertz CT molecular complexity index is 445. The van der Waals surface area contributed by atoms with Crippen molar-refractivity contribution in [3.05, 3.63) is 22.7 Å². The largest absolute Gasteiger partial charge is 0.496 e. The average molecular weight is 285 g/mol. The van der Waals surface area contributed by atoms with Crippen molar-refractivity contribution in [1.29, 1.82) is 0 Å². The van der Waals surface area contributed by atoms with Gasteiger partial charge in [-0.05, 0) is 12.0 Å². The first-order valence-electron chi connectivity index (χ1n) is 6.44. The first-order chi connectivity index (χ1) is 9.03. The summed E-state index contributed by atoms with van der Waals surface area (Å²) in [7, 11) is 1.50. The average Bonchev–Trinajstić information content (AvgIpc) is 2.42. The van der Waals surface area contributed by atoms with E-state index in [4.69, 9.17) is 22.1 Å². The third-order valence-corrected chi connectivity index (χ3v) is 3.60. The number of carbonyl (C=O) groups is 1. The monoisotopic (exact) mass is 284 g/mol. The molecule has 0 aliphatic rings. The lowest BCUT2D eigenvalue weighted by Crippen LogP contribution is -2.29. The number of benzene rings is 1. The molecule has 0 spiro atoms. The van der Waals surface area contributed by atoms with Crippen molar-refractivity contribution in [3.63, 3.8) is 0 Å². The fourth-order valence-electron chi connectivity index (χ4n) is 1.83. The number of amides is 1. The maximum Gasteiger partial charge on any atom is 0.255 e. The summed E-state index contributed by atoms with van der Waals surface area (Å²) in [5, 5.41) is 3.26. The molecule has 0 radical (unpaired) electrons. The summed E-state index contributed by atoms with van der Waals surface area (Å²) in [6.45, 7) is 4.87. The molecule has 0 saturated heterocycles. The van der Waals surface area contributed by atoms with E-state index in [0.29, 0.717) is 34.5 Å². The molecule has 5 heteroatoms. The van der Waals surface area contributed by atoms with Crippen LogP contribution in [-0.2, 0) is 0 Å². The van der Waals surface area contributed by atoms with Gasteiger partial charge >= 0.3 is 0 Å². The topological polar surface area (TPSA) is 64.4 Å². The summed E-state index contributed by atoms with van der Waals surface area (Å²) >= 11 is 5.94. The highest BCUT2D eigenvalue weighted by atomic mass is 35.5. The molecule has 106 valence electrons. The van der Waals surface area contributed by atoms with Gasteiger partial charge in [0.15, 0.2) is 0 Å². The molecule has 0 heterocycles. The summed E-state index contributed by atoms with van der Waals surface area (Å²) < 4.78 is 5.16. The Labute approximate surface area is 119 Å².